The van der Waals surface area contributed by atoms with Gasteiger partial charge in [-0.2, -0.15) is 0 Å². The van der Waals surface area contributed by atoms with Gasteiger partial charge in [0.05, 0.1) is 12.8 Å². The van der Waals surface area contributed by atoms with Gasteiger partial charge in [0.2, 0.25) is 0 Å². The van der Waals surface area contributed by atoms with Gasteiger partial charge in [0.15, 0.2) is 0 Å². The fourth-order valence-electron chi connectivity index (χ4n) is 2.19. The molecule has 5 nitrogen and oxygen atoms in total. The molecule has 1 fully saturated rings. The van der Waals surface area contributed by atoms with Crippen molar-refractivity contribution < 1.29 is 5.11 Å². The van der Waals surface area contributed by atoms with Crippen molar-refractivity contribution in [2.75, 3.05) is 20.1 Å². The topological polar surface area (TPSA) is 54.2 Å². The quantitative estimate of drug-likeness (QED) is 0.769. The van der Waals surface area contributed by atoms with E-state index in [0.29, 0.717) is 11.6 Å². The largest absolute Gasteiger partial charge is 0.390 e. The first-order chi connectivity index (χ1) is 7.28. The SMILES string of the molecule is CN1CCCC(Cn2cc(CO)nn2)C1. The highest BCUT2D eigenvalue weighted by Gasteiger charge is 2.17. The van der Waals surface area contributed by atoms with Gasteiger partial charge in [0.25, 0.3) is 0 Å². The Bertz CT molecular complexity index is 312. The predicted molar refractivity (Wildman–Crippen MR) is 56.2 cm³/mol. The Morgan fingerprint density at radius 3 is 3.13 bits per heavy atom. The molecule has 0 bridgehead atoms. The molecule has 1 aliphatic rings. The Hall–Kier alpha value is -0.940. The highest BCUT2D eigenvalue weighted by molar-refractivity contribution is 4.89. The molecule has 1 aliphatic heterocycles. The second-order valence-electron chi connectivity index (χ2n) is 4.36. The molecule has 0 spiro atoms. The Labute approximate surface area is 89.7 Å². The third-order valence-electron chi connectivity index (χ3n) is 2.92. The molecule has 5 heteroatoms. The fraction of sp³-hybridized carbons (Fsp3) is 0.800. The van der Waals surface area contributed by atoms with Gasteiger partial charge in [-0.1, -0.05) is 5.21 Å². The predicted octanol–water partition coefficient (Wildman–Crippen LogP) is 0.112. The zero-order valence-corrected chi connectivity index (χ0v) is 9.13. The molecule has 0 aliphatic carbocycles. The summed E-state index contributed by atoms with van der Waals surface area (Å²) in [6.45, 7) is 3.23. The van der Waals surface area contributed by atoms with Crippen LogP contribution < -0.4 is 0 Å². The zero-order valence-electron chi connectivity index (χ0n) is 9.13. The van der Waals surface area contributed by atoms with Crippen LogP contribution in [0.25, 0.3) is 0 Å². The number of likely N-dealkylation sites (tertiary alicyclic amines) is 1. The van der Waals surface area contributed by atoms with Crippen molar-refractivity contribution >= 4 is 0 Å². The number of aliphatic hydroxyl groups excluding tert-OH is 1. The number of piperidine rings is 1. The second kappa shape index (κ2) is 4.72. The number of hydrogen-bond acceptors (Lipinski definition) is 4. The molecule has 15 heavy (non-hydrogen) atoms. The van der Waals surface area contributed by atoms with Crippen LogP contribution in [-0.2, 0) is 13.2 Å². The lowest BCUT2D eigenvalue weighted by molar-refractivity contribution is 0.190. The number of aromatic nitrogens is 3. The first-order valence-corrected chi connectivity index (χ1v) is 5.46. The summed E-state index contributed by atoms with van der Waals surface area (Å²) in [6, 6.07) is 0. The maximum atomic E-state index is 8.87. The first-order valence-electron chi connectivity index (χ1n) is 5.46. The maximum Gasteiger partial charge on any atom is 0.108 e. The molecule has 1 N–H and O–H groups in total. The summed E-state index contributed by atoms with van der Waals surface area (Å²) >= 11 is 0. The normalized spacial score (nSPS) is 23.2. The summed E-state index contributed by atoms with van der Waals surface area (Å²) in [4.78, 5) is 2.36. The summed E-state index contributed by atoms with van der Waals surface area (Å²) in [5, 5.41) is 16.7. The Kier molecular flexibility index (Phi) is 3.33. The molecule has 1 atom stereocenters. The smallest absolute Gasteiger partial charge is 0.108 e. The molecule has 0 saturated carbocycles. The van der Waals surface area contributed by atoms with Gasteiger partial charge >= 0.3 is 0 Å². The Balaban J connectivity index is 1.90. The van der Waals surface area contributed by atoms with Crippen molar-refractivity contribution in [2.45, 2.75) is 26.0 Å². The average Bonchev–Trinajstić information content (AvgIpc) is 2.65. The van der Waals surface area contributed by atoms with Gasteiger partial charge in [-0.25, -0.2) is 0 Å². The van der Waals surface area contributed by atoms with E-state index in [1.165, 1.54) is 19.4 Å². The summed E-state index contributed by atoms with van der Waals surface area (Å²) in [6.07, 6.45) is 4.36. The first kappa shape index (κ1) is 10.6. The van der Waals surface area contributed by atoms with E-state index in [-0.39, 0.29) is 6.61 Å². The van der Waals surface area contributed by atoms with E-state index in [2.05, 4.69) is 22.3 Å². The summed E-state index contributed by atoms with van der Waals surface area (Å²) in [7, 11) is 2.16. The highest BCUT2D eigenvalue weighted by Crippen LogP contribution is 2.16. The van der Waals surface area contributed by atoms with Gasteiger partial charge < -0.3 is 10.0 Å². The van der Waals surface area contributed by atoms with Gasteiger partial charge in [0.1, 0.15) is 5.69 Å². The molecule has 2 heterocycles. The molecule has 1 aromatic rings. The molecule has 0 amide bonds. The van der Waals surface area contributed by atoms with Crippen molar-refractivity contribution in [1.82, 2.24) is 19.9 Å². The van der Waals surface area contributed by atoms with E-state index in [9.17, 15) is 0 Å². The van der Waals surface area contributed by atoms with Gasteiger partial charge in [-0.05, 0) is 32.4 Å². The van der Waals surface area contributed by atoms with E-state index in [0.717, 1.165) is 13.1 Å². The van der Waals surface area contributed by atoms with Crippen LogP contribution in [0.4, 0.5) is 0 Å². The van der Waals surface area contributed by atoms with Crippen molar-refractivity contribution in [3.63, 3.8) is 0 Å². The van der Waals surface area contributed by atoms with E-state index < -0.39 is 0 Å². The van der Waals surface area contributed by atoms with Crippen LogP contribution in [0.3, 0.4) is 0 Å². The third-order valence-corrected chi connectivity index (χ3v) is 2.92. The second-order valence-corrected chi connectivity index (χ2v) is 4.36. The highest BCUT2D eigenvalue weighted by atomic mass is 16.3. The van der Waals surface area contributed by atoms with Crippen LogP contribution >= 0.6 is 0 Å². The molecule has 2 rings (SSSR count). The van der Waals surface area contributed by atoms with Gasteiger partial charge in [0, 0.05) is 13.1 Å². The van der Waals surface area contributed by atoms with E-state index in [4.69, 9.17) is 5.11 Å². The van der Waals surface area contributed by atoms with Crippen LogP contribution in [0.5, 0.6) is 0 Å². The Morgan fingerprint density at radius 2 is 2.47 bits per heavy atom. The van der Waals surface area contributed by atoms with Crippen LogP contribution in [0.15, 0.2) is 6.20 Å². The average molecular weight is 210 g/mol. The van der Waals surface area contributed by atoms with Gasteiger partial charge in [-0.15, -0.1) is 5.10 Å². The molecular weight excluding hydrogens is 192 g/mol. The van der Waals surface area contributed by atoms with Crippen LogP contribution in [0, 0.1) is 5.92 Å². The standard InChI is InChI=1S/C10H18N4O/c1-13-4-2-3-9(5-13)6-14-7-10(8-15)11-12-14/h7,9,15H,2-6,8H2,1H3. The minimum absolute atomic E-state index is 0.0232. The van der Waals surface area contributed by atoms with E-state index in [1.54, 1.807) is 0 Å². The lowest BCUT2D eigenvalue weighted by atomic mass is 9.99. The lowest BCUT2D eigenvalue weighted by Gasteiger charge is -2.29. The number of aliphatic hydroxyl groups is 1. The van der Waals surface area contributed by atoms with E-state index in [1.807, 2.05) is 10.9 Å². The minimum atomic E-state index is -0.0232. The van der Waals surface area contributed by atoms with Crippen molar-refractivity contribution in [1.29, 1.82) is 0 Å². The summed E-state index contributed by atoms with van der Waals surface area (Å²) in [5.41, 5.74) is 0.652. The fourth-order valence-corrected chi connectivity index (χ4v) is 2.19. The molecule has 1 unspecified atom stereocenters. The maximum absolute atomic E-state index is 8.87. The van der Waals surface area contributed by atoms with Crippen molar-refractivity contribution in [3.8, 4) is 0 Å². The number of hydrogen-bond donors (Lipinski definition) is 1. The van der Waals surface area contributed by atoms with Crippen LogP contribution in [0.1, 0.15) is 18.5 Å². The number of nitrogens with zero attached hydrogens (tertiary/aromatic N) is 4. The lowest BCUT2D eigenvalue weighted by Crippen LogP contribution is -2.34. The van der Waals surface area contributed by atoms with Crippen molar-refractivity contribution in [2.24, 2.45) is 5.92 Å². The van der Waals surface area contributed by atoms with Crippen molar-refractivity contribution in [3.05, 3.63) is 11.9 Å². The molecule has 0 radical (unpaired) electrons. The molecular formula is C10H18N4O. The molecule has 0 aromatic carbocycles. The third kappa shape index (κ3) is 2.76. The minimum Gasteiger partial charge on any atom is -0.390 e. The zero-order chi connectivity index (χ0) is 10.7. The molecule has 1 aromatic heterocycles. The van der Waals surface area contributed by atoms with Crippen LogP contribution in [-0.4, -0.2) is 45.1 Å². The number of rotatable bonds is 3. The summed E-state index contributed by atoms with van der Waals surface area (Å²) in [5.74, 6) is 0.664. The molecule has 84 valence electrons. The van der Waals surface area contributed by atoms with E-state index >= 15 is 0 Å². The summed E-state index contributed by atoms with van der Waals surface area (Å²) < 4.78 is 1.84. The van der Waals surface area contributed by atoms with Crippen LogP contribution in [0.2, 0.25) is 0 Å². The Morgan fingerprint density at radius 1 is 1.60 bits per heavy atom. The monoisotopic (exact) mass is 210 g/mol. The molecule has 1 saturated heterocycles. The van der Waals surface area contributed by atoms with Gasteiger partial charge in [-0.3, -0.25) is 4.68 Å².